The first kappa shape index (κ1) is 21.7. The topological polar surface area (TPSA) is 32.8 Å². The third-order valence-corrected chi connectivity index (χ3v) is 6.95. The summed E-state index contributed by atoms with van der Waals surface area (Å²) < 4.78 is 5.90. The fraction of sp³-hybridized carbons (Fsp3) is 0.345. The van der Waals surface area contributed by atoms with Gasteiger partial charge in [0.2, 0.25) is 0 Å². The Balaban J connectivity index is 1.19. The van der Waals surface area contributed by atoms with Gasteiger partial charge in [-0.3, -0.25) is 9.69 Å². The van der Waals surface area contributed by atoms with E-state index < -0.39 is 0 Å². The summed E-state index contributed by atoms with van der Waals surface area (Å²) in [6, 6.07) is 27.8. The van der Waals surface area contributed by atoms with Crippen molar-refractivity contribution < 1.29 is 9.53 Å². The molecule has 0 bridgehead atoms. The maximum absolute atomic E-state index is 12.9. The number of rotatable bonds is 6. The van der Waals surface area contributed by atoms with Gasteiger partial charge in [0, 0.05) is 26.2 Å². The minimum absolute atomic E-state index is 0.0725. The van der Waals surface area contributed by atoms with E-state index in [0.29, 0.717) is 0 Å². The lowest BCUT2D eigenvalue weighted by Gasteiger charge is -2.39. The van der Waals surface area contributed by atoms with E-state index in [9.17, 15) is 4.79 Å². The van der Waals surface area contributed by atoms with Gasteiger partial charge >= 0.3 is 0 Å². The molecule has 5 rings (SSSR count). The van der Waals surface area contributed by atoms with Crippen LogP contribution in [0, 0.1) is 0 Å². The van der Waals surface area contributed by atoms with E-state index in [2.05, 4.69) is 77.7 Å². The Labute approximate surface area is 196 Å². The predicted octanol–water partition coefficient (Wildman–Crippen LogP) is 4.88. The molecule has 1 saturated heterocycles. The Morgan fingerprint density at radius 2 is 1.36 bits per heavy atom. The molecule has 4 nitrogen and oxygen atoms in total. The predicted molar refractivity (Wildman–Crippen MR) is 131 cm³/mol. The Hall–Kier alpha value is -3.11. The summed E-state index contributed by atoms with van der Waals surface area (Å²) in [5.41, 5.74) is 5.40. The molecule has 170 valence electrons. The minimum atomic E-state index is 0.0725. The third kappa shape index (κ3) is 5.12. The first-order valence-corrected chi connectivity index (χ1v) is 12.1. The molecule has 0 spiro atoms. The molecule has 3 aromatic carbocycles. The number of carbonyl (C=O) groups excluding carboxylic acids is 1. The fourth-order valence-electron chi connectivity index (χ4n) is 5.15. The van der Waals surface area contributed by atoms with Crippen LogP contribution in [0.25, 0.3) is 0 Å². The van der Waals surface area contributed by atoms with Crippen molar-refractivity contribution in [3.8, 4) is 5.75 Å². The lowest BCUT2D eigenvalue weighted by atomic mass is 9.92. The number of nitrogens with zero attached hydrogens (tertiary/aromatic N) is 2. The highest BCUT2D eigenvalue weighted by Gasteiger charge is 2.28. The average Bonchev–Trinajstić information content (AvgIpc) is 2.89. The molecule has 1 heterocycles. The Bertz CT molecular complexity index is 1020. The van der Waals surface area contributed by atoms with E-state index in [1.54, 1.807) is 0 Å². The normalized spacial score (nSPS) is 16.5. The molecule has 2 aliphatic rings. The van der Waals surface area contributed by atoms with Crippen LogP contribution in [0.5, 0.6) is 5.75 Å². The summed E-state index contributed by atoms with van der Waals surface area (Å²) >= 11 is 0. The molecular formula is C29H32N2O2. The molecule has 0 saturated carbocycles. The van der Waals surface area contributed by atoms with E-state index in [1.807, 2.05) is 11.0 Å². The summed E-state index contributed by atoms with van der Waals surface area (Å²) in [7, 11) is 0. The van der Waals surface area contributed by atoms with Crippen molar-refractivity contribution >= 4 is 5.91 Å². The zero-order valence-electron chi connectivity index (χ0n) is 19.2. The quantitative estimate of drug-likeness (QED) is 0.548. The Morgan fingerprint density at radius 1 is 0.758 bits per heavy atom. The summed E-state index contributed by atoms with van der Waals surface area (Å²) in [5.74, 6) is 0.888. The molecule has 0 aromatic heterocycles. The van der Waals surface area contributed by atoms with Crippen LogP contribution in [0.1, 0.15) is 41.1 Å². The van der Waals surface area contributed by atoms with Crippen LogP contribution in [0.3, 0.4) is 0 Å². The van der Waals surface area contributed by atoms with Crippen LogP contribution in [-0.4, -0.2) is 48.5 Å². The molecule has 0 N–H and O–H groups in total. The van der Waals surface area contributed by atoms with Crippen molar-refractivity contribution in [2.24, 2.45) is 0 Å². The van der Waals surface area contributed by atoms with Crippen molar-refractivity contribution in [3.05, 3.63) is 101 Å². The van der Waals surface area contributed by atoms with E-state index >= 15 is 0 Å². The average molecular weight is 441 g/mol. The Kier molecular flexibility index (Phi) is 6.73. The number of piperazine rings is 1. The molecule has 1 aliphatic carbocycles. The molecule has 0 unspecified atom stereocenters. The van der Waals surface area contributed by atoms with Crippen molar-refractivity contribution in [1.82, 2.24) is 9.80 Å². The highest BCUT2D eigenvalue weighted by Crippen LogP contribution is 2.29. The van der Waals surface area contributed by atoms with Crippen LogP contribution >= 0.6 is 0 Å². The van der Waals surface area contributed by atoms with Gasteiger partial charge in [-0.25, -0.2) is 0 Å². The summed E-state index contributed by atoms with van der Waals surface area (Å²) in [4.78, 5) is 17.3. The first-order chi connectivity index (χ1) is 16.3. The molecule has 1 fully saturated rings. The monoisotopic (exact) mass is 440 g/mol. The second kappa shape index (κ2) is 10.2. The number of fused-ring (bicyclic) bond motifs is 1. The standard InChI is InChI=1S/C29H32N2O2/c32-28(22-33-27-16-15-23-9-7-8-14-26(23)21-27)30-17-19-31(20-18-30)29(24-10-3-1-4-11-24)25-12-5-2-6-13-25/h1-6,10-13,15-16,21,29H,7-9,14,17-20,22H2. The number of carbonyl (C=O) groups is 1. The number of hydrogen-bond donors (Lipinski definition) is 0. The van der Waals surface area contributed by atoms with Gasteiger partial charge < -0.3 is 9.64 Å². The smallest absolute Gasteiger partial charge is 0.260 e. The van der Waals surface area contributed by atoms with Gasteiger partial charge in [-0.1, -0.05) is 66.7 Å². The van der Waals surface area contributed by atoms with Gasteiger partial charge in [0.1, 0.15) is 5.75 Å². The van der Waals surface area contributed by atoms with E-state index in [4.69, 9.17) is 4.74 Å². The number of amides is 1. The van der Waals surface area contributed by atoms with Crippen LogP contribution < -0.4 is 4.74 Å². The lowest BCUT2D eigenvalue weighted by molar-refractivity contribution is -0.135. The van der Waals surface area contributed by atoms with E-state index in [1.165, 1.54) is 35.1 Å². The number of ether oxygens (including phenoxy) is 1. The molecule has 0 atom stereocenters. The zero-order valence-corrected chi connectivity index (χ0v) is 19.2. The fourth-order valence-corrected chi connectivity index (χ4v) is 5.15. The highest BCUT2D eigenvalue weighted by atomic mass is 16.5. The SMILES string of the molecule is O=C(COc1ccc2c(c1)CCCC2)N1CCN(C(c2ccccc2)c2ccccc2)CC1. The lowest BCUT2D eigenvalue weighted by Crippen LogP contribution is -2.51. The van der Waals surface area contributed by atoms with Crippen LogP contribution in [0.15, 0.2) is 78.9 Å². The first-order valence-electron chi connectivity index (χ1n) is 12.1. The summed E-state index contributed by atoms with van der Waals surface area (Å²) in [6.07, 6.45) is 4.79. The molecular weight excluding hydrogens is 408 g/mol. The molecule has 0 radical (unpaired) electrons. The van der Waals surface area contributed by atoms with E-state index in [0.717, 1.165) is 44.8 Å². The minimum Gasteiger partial charge on any atom is -0.484 e. The van der Waals surface area contributed by atoms with Crippen molar-refractivity contribution in [2.75, 3.05) is 32.8 Å². The van der Waals surface area contributed by atoms with Crippen molar-refractivity contribution in [1.29, 1.82) is 0 Å². The van der Waals surface area contributed by atoms with Crippen LogP contribution in [0.2, 0.25) is 0 Å². The number of aryl methyl sites for hydroxylation is 2. The maximum Gasteiger partial charge on any atom is 0.260 e. The summed E-state index contributed by atoms with van der Waals surface area (Å²) in [6.45, 7) is 3.25. The second-order valence-corrected chi connectivity index (χ2v) is 9.07. The largest absolute Gasteiger partial charge is 0.484 e. The number of benzene rings is 3. The van der Waals surface area contributed by atoms with Gasteiger partial charge in [0.05, 0.1) is 6.04 Å². The second-order valence-electron chi connectivity index (χ2n) is 9.07. The molecule has 3 aromatic rings. The van der Waals surface area contributed by atoms with Gasteiger partial charge in [-0.05, 0) is 60.1 Å². The van der Waals surface area contributed by atoms with Crippen LogP contribution in [-0.2, 0) is 17.6 Å². The van der Waals surface area contributed by atoms with Gasteiger partial charge in [0.25, 0.3) is 5.91 Å². The zero-order chi connectivity index (χ0) is 22.5. The molecule has 4 heteroatoms. The molecule has 1 aliphatic heterocycles. The third-order valence-electron chi connectivity index (χ3n) is 6.95. The van der Waals surface area contributed by atoms with Crippen LogP contribution in [0.4, 0.5) is 0 Å². The highest BCUT2D eigenvalue weighted by molar-refractivity contribution is 5.78. The van der Waals surface area contributed by atoms with Gasteiger partial charge in [-0.15, -0.1) is 0 Å². The number of hydrogen-bond acceptors (Lipinski definition) is 3. The molecule has 33 heavy (non-hydrogen) atoms. The van der Waals surface area contributed by atoms with Crippen molar-refractivity contribution in [2.45, 2.75) is 31.7 Å². The summed E-state index contributed by atoms with van der Waals surface area (Å²) in [5, 5.41) is 0. The van der Waals surface area contributed by atoms with Gasteiger partial charge in [-0.2, -0.15) is 0 Å². The Morgan fingerprint density at radius 3 is 2.00 bits per heavy atom. The molecule has 1 amide bonds. The maximum atomic E-state index is 12.9. The van der Waals surface area contributed by atoms with Crippen molar-refractivity contribution in [3.63, 3.8) is 0 Å². The van der Waals surface area contributed by atoms with Gasteiger partial charge in [0.15, 0.2) is 6.61 Å². The van der Waals surface area contributed by atoms with E-state index in [-0.39, 0.29) is 18.6 Å².